The lowest BCUT2D eigenvalue weighted by Gasteiger charge is -1.93. The third-order valence-corrected chi connectivity index (χ3v) is 2.38. The SMILES string of the molecule is Cc1nc(-c2ccc(F)cn2)cs1. The average Bonchev–Trinajstić information content (AvgIpc) is 2.53. The van der Waals surface area contributed by atoms with Crippen molar-refractivity contribution in [3.8, 4) is 11.4 Å². The molecular formula is C9H7FN2S. The smallest absolute Gasteiger partial charge is 0.141 e. The fraction of sp³-hybridized carbons (Fsp3) is 0.111. The van der Waals surface area contributed by atoms with E-state index in [-0.39, 0.29) is 5.82 Å². The number of rotatable bonds is 1. The molecular weight excluding hydrogens is 187 g/mol. The Morgan fingerprint density at radius 2 is 2.15 bits per heavy atom. The lowest BCUT2D eigenvalue weighted by atomic mass is 10.3. The molecule has 0 aromatic carbocycles. The Morgan fingerprint density at radius 1 is 1.31 bits per heavy atom. The molecule has 0 radical (unpaired) electrons. The molecule has 0 unspecified atom stereocenters. The molecule has 0 amide bonds. The van der Waals surface area contributed by atoms with Gasteiger partial charge in [0.15, 0.2) is 0 Å². The van der Waals surface area contributed by atoms with E-state index in [2.05, 4.69) is 9.97 Å². The second-order valence-electron chi connectivity index (χ2n) is 2.61. The predicted molar refractivity (Wildman–Crippen MR) is 50.0 cm³/mol. The normalized spacial score (nSPS) is 10.3. The van der Waals surface area contributed by atoms with Gasteiger partial charge in [-0.1, -0.05) is 0 Å². The number of hydrogen-bond donors (Lipinski definition) is 0. The van der Waals surface area contributed by atoms with Crippen LogP contribution in [0.25, 0.3) is 11.4 Å². The third kappa shape index (κ3) is 1.72. The molecule has 4 heteroatoms. The minimum Gasteiger partial charge on any atom is -0.252 e. The van der Waals surface area contributed by atoms with E-state index < -0.39 is 0 Å². The van der Waals surface area contributed by atoms with E-state index in [9.17, 15) is 4.39 Å². The number of aromatic nitrogens is 2. The minimum absolute atomic E-state index is 0.323. The van der Waals surface area contributed by atoms with E-state index in [1.165, 1.54) is 12.3 Å². The van der Waals surface area contributed by atoms with E-state index >= 15 is 0 Å². The van der Waals surface area contributed by atoms with Crippen LogP contribution in [0, 0.1) is 12.7 Å². The zero-order valence-corrected chi connectivity index (χ0v) is 7.81. The molecule has 0 bridgehead atoms. The molecule has 0 spiro atoms. The Labute approximate surface area is 79.1 Å². The standard InChI is InChI=1S/C9H7FN2S/c1-6-12-9(5-13-6)8-3-2-7(10)4-11-8/h2-5H,1H3. The Morgan fingerprint density at radius 3 is 2.69 bits per heavy atom. The van der Waals surface area contributed by atoms with Crippen LogP contribution in [-0.2, 0) is 0 Å². The molecule has 0 saturated heterocycles. The largest absolute Gasteiger partial charge is 0.252 e. The van der Waals surface area contributed by atoms with E-state index in [0.29, 0.717) is 5.69 Å². The van der Waals surface area contributed by atoms with E-state index in [1.54, 1.807) is 17.4 Å². The van der Waals surface area contributed by atoms with Crippen molar-refractivity contribution in [2.75, 3.05) is 0 Å². The molecule has 0 saturated carbocycles. The van der Waals surface area contributed by atoms with Gasteiger partial charge in [0.2, 0.25) is 0 Å². The van der Waals surface area contributed by atoms with Crippen LogP contribution < -0.4 is 0 Å². The first-order valence-corrected chi connectivity index (χ1v) is 4.68. The van der Waals surface area contributed by atoms with Gasteiger partial charge in [0.05, 0.1) is 22.6 Å². The summed E-state index contributed by atoms with van der Waals surface area (Å²) in [5, 5.41) is 2.90. The summed E-state index contributed by atoms with van der Waals surface area (Å²) in [5.74, 6) is -0.323. The molecule has 66 valence electrons. The third-order valence-electron chi connectivity index (χ3n) is 1.61. The number of aryl methyl sites for hydroxylation is 1. The molecule has 0 N–H and O–H groups in total. The summed E-state index contributed by atoms with van der Waals surface area (Å²) >= 11 is 1.56. The van der Waals surface area contributed by atoms with Crippen LogP contribution >= 0.6 is 11.3 Å². The Hall–Kier alpha value is -1.29. The fourth-order valence-corrected chi connectivity index (χ4v) is 1.62. The summed E-state index contributed by atoms with van der Waals surface area (Å²) in [6, 6.07) is 3.01. The van der Waals surface area contributed by atoms with Crippen LogP contribution in [0.3, 0.4) is 0 Å². The van der Waals surface area contributed by atoms with E-state index in [1.807, 2.05) is 12.3 Å². The van der Waals surface area contributed by atoms with Gasteiger partial charge in [-0.15, -0.1) is 11.3 Å². The number of halogens is 1. The highest BCUT2D eigenvalue weighted by Gasteiger charge is 2.02. The molecule has 2 aromatic heterocycles. The minimum atomic E-state index is -0.323. The number of pyridine rings is 1. The maximum Gasteiger partial charge on any atom is 0.141 e. The van der Waals surface area contributed by atoms with Crippen LogP contribution in [0.1, 0.15) is 5.01 Å². The average molecular weight is 194 g/mol. The van der Waals surface area contributed by atoms with Crippen molar-refractivity contribution in [1.29, 1.82) is 0 Å². The fourth-order valence-electron chi connectivity index (χ4n) is 1.01. The van der Waals surface area contributed by atoms with Gasteiger partial charge in [-0.2, -0.15) is 0 Å². The van der Waals surface area contributed by atoms with Gasteiger partial charge in [0, 0.05) is 5.38 Å². The first-order valence-electron chi connectivity index (χ1n) is 3.80. The maximum atomic E-state index is 12.5. The van der Waals surface area contributed by atoms with Crippen LogP contribution in [-0.4, -0.2) is 9.97 Å². The number of nitrogens with zero attached hydrogens (tertiary/aromatic N) is 2. The lowest BCUT2D eigenvalue weighted by molar-refractivity contribution is 0.622. The molecule has 0 aliphatic rings. The first-order chi connectivity index (χ1) is 6.25. The van der Waals surface area contributed by atoms with Crippen molar-refractivity contribution in [3.63, 3.8) is 0 Å². The molecule has 13 heavy (non-hydrogen) atoms. The van der Waals surface area contributed by atoms with Gasteiger partial charge < -0.3 is 0 Å². The van der Waals surface area contributed by atoms with Crippen molar-refractivity contribution in [2.45, 2.75) is 6.92 Å². The van der Waals surface area contributed by atoms with Crippen molar-refractivity contribution in [1.82, 2.24) is 9.97 Å². The molecule has 0 fully saturated rings. The second-order valence-corrected chi connectivity index (χ2v) is 3.68. The number of hydrogen-bond acceptors (Lipinski definition) is 3. The maximum absolute atomic E-state index is 12.5. The van der Waals surface area contributed by atoms with Crippen LogP contribution in [0.5, 0.6) is 0 Å². The molecule has 0 atom stereocenters. The molecule has 2 rings (SSSR count). The summed E-state index contributed by atoms with van der Waals surface area (Å²) in [5.41, 5.74) is 1.52. The van der Waals surface area contributed by atoms with Gasteiger partial charge in [-0.05, 0) is 19.1 Å². The van der Waals surface area contributed by atoms with Crippen LogP contribution in [0.2, 0.25) is 0 Å². The summed E-state index contributed by atoms with van der Waals surface area (Å²) in [6.45, 7) is 1.93. The monoisotopic (exact) mass is 194 g/mol. The highest BCUT2D eigenvalue weighted by atomic mass is 32.1. The van der Waals surface area contributed by atoms with Gasteiger partial charge in [0.1, 0.15) is 5.82 Å². The van der Waals surface area contributed by atoms with Crippen molar-refractivity contribution < 1.29 is 4.39 Å². The molecule has 2 heterocycles. The summed E-state index contributed by atoms with van der Waals surface area (Å²) in [6.07, 6.45) is 1.20. The molecule has 0 aliphatic heterocycles. The van der Waals surface area contributed by atoms with Crippen molar-refractivity contribution >= 4 is 11.3 Å². The summed E-state index contributed by atoms with van der Waals surface area (Å²) in [7, 11) is 0. The zero-order valence-electron chi connectivity index (χ0n) is 6.99. The Balaban J connectivity index is 2.41. The van der Waals surface area contributed by atoms with Gasteiger partial charge >= 0.3 is 0 Å². The number of thiazole rings is 1. The molecule has 2 nitrogen and oxygen atoms in total. The summed E-state index contributed by atoms with van der Waals surface area (Å²) in [4.78, 5) is 8.18. The zero-order chi connectivity index (χ0) is 9.26. The van der Waals surface area contributed by atoms with E-state index in [4.69, 9.17) is 0 Å². The summed E-state index contributed by atoms with van der Waals surface area (Å²) < 4.78 is 12.5. The Kier molecular flexibility index (Phi) is 2.06. The highest BCUT2D eigenvalue weighted by molar-refractivity contribution is 7.09. The quantitative estimate of drug-likeness (QED) is 0.697. The van der Waals surface area contributed by atoms with Crippen molar-refractivity contribution in [2.24, 2.45) is 0 Å². The van der Waals surface area contributed by atoms with Gasteiger partial charge in [-0.3, -0.25) is 4.98 Å². The van der Waals surface area contributed by atoms with Crippen LogP contribution in [0.15, 0.2) is 23.7 Å². The van der Waals surface area contributed by atoms with Gasteiger partial charge in [0.25, 0.3) is 0 Å². The topological polar surface area (TPSA) is 25.8 Å². The lowest BCUT2D eigenvalue weighted by Crippen LogP contribution is -1.84. The molecule has 2 aromatic rings. The van der Waals surface area contributed by atoms with Gasteiger partial charge in [-0.25, -0.2) is 9.37 Å². The Bertz CT molecular complexity index is 408. The predicted octanol–water partition coefficient (Wildman–Crippen LogP) is 2.65. The first kappa shape index (κ1) is 8.31. The van der Waals surface area contributed by atoms with Crippen LogP contribution in [0.4, 0.5) is 4.39 Å². The molecule has 0 aliphatic carbocycles. The second kappa shape index (κ2) is 3.22. The van der Waals surface area contributed by atoms with E-state index in [0.717, 1.165) is 10.7 Å². The highest BCUT2D eigenvalue weighted by Crippen LogP contribution is 2.18. The van der Waals surface area contributed by atoms with Crippen molar-refractivity contribution in [3.05, 3.63) is 34.5 Å².